The van der Waals surface area contributed by atoms with Crippen LogP contribution in [0, 0.1) is 11.8 Å². The van der Waals surface area contributed by atoms with Gasteiger partial charge in [-0.25, -0.2) is 0 Å². The lowest BCUT2D eigenvalue weighted by Crippen LogP contribution is -2.42. The minimum absolute atomic E-state index is 0.00289. The molecule has 0 aromatic heterocycles. The van der Waals surface area contributed by atoms with Gasteiger partial charge >= 0.3 is 5.97 Å². The van der Waals surface area contributed by atoms with Crippen LogP contribution < -0.4 is 0 Å². The van der Waals surface area contributed by atoms with E-state index in [1.54, 1.807) is 4.90 Å². The highest BCUT2D eigenvalue weighted by Crippen LogP contribution is 2.30. The van der Waals surface area contributed by atoms with Gasteiger partial charge in [0.2, 0.25) is 11.8 Å². The summed E-state index contributed by atoms with van der Waals surface area (Å²) < 4.78 is 0. The van der Waals surface area contributed by atoms with E-state index in [2.05, 4.69) is 0 Å². The SMILES string of the molecule is CC(C)CN1CC(C(=O)N(CC(=O)O)C2CC2)CC1=O. The van der Waals surface area contributed by atoms with Crippen LogP contribution in [0.4, 0.5) is 0 Å². The molecule has 1 aliphatic heterocycles. The van der Waals surface area contributed by atoms with E-state index in [-0.39, 0.29) is 36.7 Å². The number of aliphatic carboxylic acids is 1. The average molecular weight is 282 g/mol. The fraction of sp³-hybridized carbons (Fsp3) is 0.786. The van der Waals surface area contributed by atoms with Crippen LogP contribution in [0.15, 0.2) is 0 Å². The number of carbonyl (C=O) groups is 3. The summed E-state index contributed by atoms with van der Waals surface area (Å²) in [7, 11) is 0. The molecular formula is C14H22N2O4. The first-order chi connectivity index (χ1) is 9.38. The summed E-state index contributed by atoms with van der Waals surface area (Å²) in [6.45, 7) is 4.90. The molecule has 0 aromatic rings. The topological polar surface area (TPSA) is 77.9 Å². The van der Waals surface area contributed by atoms with Gasteiger partial charge in [0.05, 0.1) is 5.92 Å². The molecule has 0 spiro atoms. The van der Waals surface area contributed by atoms with Gasteiger partial charge in [-0.2, -0.15) is 0 Å². The zero-order valence-electron chi connectivity index (χ0n) is 12.0. The van der Waals surface area contributed by atoms with Gasteiger partial charge in [0.25, 0.3) is 0 Å². The molecule has 0 aromatic carbocycles. The van der Waals surface area contributed by atoms with Crippen LogP contribution in [0.3, 0.4) is 0 Å². The van der Waals surface area contributed by atoms with Gasteiger partial charge in [-0.3, -0.25) is 14.4 Å². The number of nitrogens with zero attached hydrogens (tertiary/aromatic N) is 2. The Morgan fingerprint density at radius 1 is 1.40 bits per heavy atom. The molecule has 1 N–H and O–H groups in total. The number of carboxylic acids is 1. The number of likely N-dealkylation sites (tertiary alicyclic amines) is 1. The van der Waals surface area contributed by atoms with E-state index >= 15 is 0 Å². The predicted molar refractivity (Wildman–Crippen MR) is 71.9 cm³/mol. The molecule has 2 aliphatic rings. The Labute approximate surface area is 118 Å². The van der Waals surface area contributed by atoms with Crippen LogP contribution in [0.5, 0.6) is 0 Å². The highest BCUT2D eigenvalue weighted by atomic mass is 16.4. The van der Waals surface area contributed by atoms with E-state index in [4.69, 9.17) is 5.11 Å². The molecule has 6 heteroatoms. The summed E-state index contributed by atoms with van der Waals surface area (Å²) in [5.41, 5.74) is 0. The van der Waals surface area contributed by atoms with Crippen LogP contribution in [-0.4, -0.2) is 58.4 Å². The Balaban J connectivity index is 1.98. The van der Waals surface area contributed by atoms with E-state index in [1.807, 2.05) is 13.8 Å². The van der Waals surface area contributed by atoms with Gasteiger partial charge in [0.15, 0.2) is 0 Å². The average Bonchev–Trinajstić information content (AvgIpc) is 3.11. The molecule has 1 aliphatic carbocycles. The maximum atomic E-state index is 12.4. The molecular weight excluding hydrogens is 260 g/mol. The minimum Gasteiger partial charge on any atom is -0.480 e. The maximum Gasteiger partial charge on any atom is 0.323 e. The smallest absolute Gasteiger partial charge is 0.323 e. The lowest BCUT2D eigenvalue weighted by atomic mass is 10.1. The summed E-state index contributed by atoms with van der Waals surface area (Å²) in [6.07, 6.45) is 1.96. The Hall–Kier alpha value is -1.59. The van der Waals surface area contributed by atoms with Crippen LogP contribution in [0.2, 0.25) is 0 Å². The highest BCUT2D eigenvalue weighted by molar-refractivity contribution is 5.91. The van der Waals surface area contributed by atoms with Crippen molar-refractivity contribution in [3.8, 4) is 0 Å². The third-order valence-corrected chi connectivity index (χ3v) is 3.73. The summed E-state index contributed by atoms with van der Waals surface area (Å²) in [4.78, 5) is 38.3. The monoisotopic (exact) mass is 282 g/mol. The molecule has 1 saturated heterocycles. The second kappa shape index (κ2) is 5.81. The van der Waals surface area contributed by atoms with Gasteiger partial charge in [0, 0.05) is 25.6 Å². The number of carboxylic acid groups (broad SMARTS) is 1. The molecule has 0 radical (unpaired) electrons. The summed E-state index contributed by atoms with van der Waals surface area (Å²) in [5.74, 6) is -1.17. The largest absolute Gasteiger partial charge is 0.480 e. The zero-order valence-corrected chi connectivity index (χ0v) is 12.0. The Kier molecular flexibility index (Phi) is 4.30. The minimum atomic E-state index is -0.992. The third-order valence-electron chi connectivity index (χ3n) is 3.73. The molecule has 6 nitrogen and oxygen atoms in total. The second-order valence-corrected chi connectivity index (χ2v) is 6.18. The molecule has 1 atom stereocenters. The molecule has 1 heterocycles. The van der Waals surface area contributed by atoms with Crippen molar-refractivity contribution >= 4 is 17.8 Å². The van der Waals surface area contributed by atoms with E-state index in [9.17, 15) is 14.4 Å². The Morgan fingerprint density at radius 3 is 2.55 bits per heavy atom. The van der Waals surface area contributed by atoms with Gasteiger partial charge in [-0.15, -0.1) is 0 Å². The van der Waals surface area contributed by atoms with Crippen LogP contribution in [-0.2, 0) is 14.4 Å². The molecule has 2 rings (SSSR count). The van der Waals surface area contributed by atoms with Crippen molar-refractivity contribution in [1.29, 1.82) is 0 Å². The summed E-state index contributed by atoms with van der Waals surface area (Å²) >= 11 is 0. The lowest BCUT2D eigenvalue weighted by Gasteiger charge is -2.24. The summed E-state index contributed by atoms with van der Waals surface area (Å²) in [6, 6.07) is 0.0628. The highest BCUT2D eigenvalue weighted by Gasteiger charge is 2.41. The quantitative estimate of drug-likeness (QED) is 0.772. The molecule has 2 amide bonds. The van der Waals surface area contributed by atoms with Crippen molar-refractivity contribution in [2.45, 2.75) is 39.2 Å². The van der Waals surface area contributed by atoms with Crippen LogP contribution >= 0.6 is 0 Å². The number of hydrogen-bond donors (Lipinski definition) is 1. The second-order valence-electron chi connectivity index (χ2n) is 6.18. The van der Waals surface area contributed by atoms with E-state index in [0.717, 1.165) is 12.8 Å². The Bertz CT molecular complexity index is 417. The first kappa shape index (κ1) is 14.8. The first-order valence-corrected chi connectivity index (χ1v) is 7.18. The number of rotatable bonds is 6. The van der Waals surface area contributed by atoms with Crippen molar-refractivity contribution in [2.75, 3.05) is 19.6 Å². The zero-order chi connectivity index (χ0) is 14.9. The van der Waals surface area contributed by atoms with Gasteiger partial charge in [-0.05, 0) is 18.8 Å². The van der Waals surface area contributed by atoms with Crippen molar-refractivity contribution in [3.63, 3.8) is 0 Å². The van der Waals surface area contributed by atoms with Crippen molar-refractivity contribution < 1.29 is 19.5 Å². The van der Waals surface area contributed by atoms with Gasteiger partial charge < -0.3 is 14.9 Å². The van der Waals surface area contributed by atoms with Gasteiger partial charge in [-0.1, -0.05) is 13.8 Å². The van der Waals surface area contributed by atoms with E-state index in [0.29, 0.717) is 19.0 Å². The summed E-state index contributed by atoms with van der Waals surface area (Å²) in [5, 5.41) is 8.90. The van der Waals surface area contributed by atoms with E-state index < -0.39 is 5.97 Å². The fourth-order valence-corrected chi connectivity index (χ4v) is 2.71. The maximum absolute atomic E-state index is 12.4. The Morgan fingerprint density at radius 2 is 2.05 bits per heavy atom. The number of hydrogen-bond acceptors (Lipinski definition) is 3. The van der Waals surface area contributed by atoms with Crippen LogP contribution in [0.25, 0.3) is 0 Å². The van der Waals surface area contributed by atoms with E-state index in [1.165, 1.54) is 4.90 Å². The molecule has 20 heavy (non-hydrogen) atoms. The van der Waals surface area contributed by atoms with Gasteiger partial charge in [0.1, 0.15) is 6.54 Å². The molecule has 1 unspecified atom stereocenters. The fourth-order valence-electron chi connectivity index (χ4n) is 2.71. The first-order valence-electron chi connectivity index (χ1n) is 7.18. The molecule has 1 saturated carbocycles. The molecule has 2 fully saturated rings. The van der Waals surface area contributed by atoms with Crippen molar-refractivity contribution in [2.24, 2.45) is 11.8 Å². The third kappa shape index (κ3) is 3.49. The van der Waals surface area contributed by atoms with Crippen molar-refractivity contribution in [3.05, 3.63) is 0 Å². The normalized spacial score (nSPS) is 22.4. The number of amides is 2. The standard InChI is InChI=1S/C14H22N2O4/c1-9(2)6-15-7-10(5-12(15)17)14(20)16(8-13(18)19)11-3-4-11/h9-11H,3-8H2,1-2H3,(H,18,19). The predicted octanol–water partition coefficient (Wildman–Crippen LogP) is 0.566. The lowest BCUT2D eigenvalue weighted by molar-refractivity contribution is -0.146. The molecule has 0 bridgehead atoms. The number of carbonyl (C=O) groups excluding carboxylic acids is 2. The molecule has 112 valence electrons. The van der Waals surface area contributed by atoms with Crippen LogP contribution in [0.1, 0.15) is 33.1 Å². The van der Waals surface area contributed by atoms with Crippen molar-refractivity contribution in [1.82, 2.24) is 9.80 Å².